The van der Waals surface area contributed by atoms with Gasteiger partial charge in [-0.1, -0.05) is 12.1 Å². The van der Waals surface area contributed by atoms with Gasteiger partial charge in [0.15, 0.2) is 9.84 Å². The Morgan fingerprint density at radius 2 is 2.06 bits per heavy atom. The number of aldehydes is 1. The van der Waals surface area contributed by atoms with Crippen LogP contribution in [0.15, 0.2) is 24.3 Å². The molecule has 0 saturated carbocycles. The number of benzene rings is 1. The van der Waals surface area contributed by atoms with Crippen molar-refractivity contribution in [2.45, 2.75) is 19.1 Å². The van der Waals surface area contributed by atoms with Crippen LogP contribution in [0.2, 0.25) is 0 Å². The molecule has 0 fully saturated rings. The third kappa shape index (κ3) is 4.19. The van der Waals surface area contributed by atoms with Gasteiger partial charge in [-0.05, 0) is 26.0 Å². The summed E-state index contributed by atoms with van der Waals surface area (Å²) in [5, 5.41) is -0.396. The summed E-state index contributed by atoms with van der Waals surface area (Å²) in [6, 6.07) is 6.62. The second-order valence-corrected chi connectivity index (χ2v) is 6.63. The van der Waals surface area contributed by atoms with Crippen molar-refractivity contribution in [2.24, 2.45) is 0 Å². The summed E-state index contributed by atoms with van der Waals surface area (Å²) in [5.41, 5.74) is 0.509. The van der Waals surface area contributed by atoms with Crippen LogP contribution in [0.1, 0.15) is 24.2 Å². The van der Waals surface area contributed by atoms with Gasteiger partial charge in [-0.25, -0.2) is 8.42 Å². The minimum absolute atomic E-state index is 0.0179. The fourth-order valence-electron chi connectivity index (χ4n) is 1.19. The summed E-state index contributed by atoms with van der Waals surface area (Å²) in [6.45, 7) is 3.38. The first-order valence-electron chi connectivity index (χ1n) is 5.35. The highest BCUT2D eigenvalue weighted by atomic mass is 32.2. The third-order valence-electron chi connectivity index (χ3n) is 2.35. The zero-order valence-corrected chi connectivity index (χ0v) is 10.7. The molecule has 94 valence electrons. The summed E-state index contributed by atoms with van der Waals surface area (Å²) in [5.74, 6) is 0.490. The Morgan fingerprint density at radius 1 is 1.35 bits per heavy atom. The summed E-state index contributed by atoms with van der Waals surface area (Å²) >= 11 is 0. The Kier molecular flexibility index (Phi) is 4.69. The van der Waals surface area contributed by atoms with Crippen LogP contribution in [0.25, 0.3) is 0 Å². The summed E-state index contributed by atoms with van der Waals surface area (Å²) in [6.07, 6.45) is 0.720. The van der Waals surface area contributed by atoms with Gasteiger partial charge in [0.2, 0.25) is 0 Å². The molecule has 0 aliphatic heterocycles. The molecule has 1 aromatic carbocycles. The maximum atomic E-state index is 11.5. The van der Waals surface area contributed by atoms with Crippen molar-refractivity contribution in [3.8, 4) is 5.75 Å². The first-order valence-corrected chi connectivity index (χ1v) is 7.07. The van der Waals surface area contributed by atoms with E-state index in [9.17, 15) is 13.2 Å². The van der Waals surface area contributed by atoms with E-state index in [1.54, 1.807) is 38.1 Å². The molecule has 0 heterocycles. The zero-order chi connectivity index (χ0) is 12.9. The Morgan fingerprint density at radius 3 is 2.65 bits per heavy atom. The highest BCUT2D eigenvalue weighted by molar-refractivity contribution is 7.91. The molecule has 1 rings (SSSR count). The predicted molar refractivity (Wildman–Crippen MR) is 66.2 cm³/mol. The number of hydrogen-bond acceptors (Lipinski definition) is 4. The highest BCUT2D eigenvalue weighted by Gasteiger charge is 2.15. The molecule has 4 nitrogen and oxygen atoms in total. The SMILES string of the molecule is CC(C)S(=O)(=O)CCOc1cccc(C=O)c1. The van der Waals surface area contributed by atoms with Gasteiger partial charge in [-0.2, -0.15) is 0 Å². The van der Waals surface area contributed by atoms with E-state index in [2.05, 4.69) is 0 Å². The molecule has 0 spiro atoms. The number of ether oxygens (including phenoxy) is 1. The van der Waals surface area contributed by atoms with Gasteiger partial charge in [-0.15, -0.1) is 0 Å². The van der Waals surface area contributed by atoms with E-state index in [1.165, 1.54) is 0 Å². The molecule has 0 radical (unpaired) electrons. The average Bonchev–Trinajstić information content (AvgIpc) is 2.29. The largest absolute Gasteiger partial charge is 0.493 e. The lowest BCUT2D eigenvalue weighted by Crippen LogP contribution is -2.22. The second-order valence-electron chi connectivity index (χ2n) is 3.95. The van der Waals surface area contributed by atoms with Crippen LogP contribution in [0.5, 0.6) is 5.75 Å². The van der Waals surface area contributed by atoms with Crippen LogP contribution < -0.4 is 4.74 Å². The molecule has 0 saturated heterocycles. The molecule has 1 aromatic rings. The summed E-state index contributed by atoms with van der Waals surface area (Å²) < 4.78 is 28.3. The van der Waals surface area contributed by atoms with Crippen molar-refractivity contribution in [3.63, 3.8) is 0 Å². The van der Waals surface area contributed by atoms with Crippen molar-refractivity contribution in [1.82, 2.24) is 0 Å². The molecule has 5 heteroatoms. The van der Waals surface area contributed by atoms with E-state index in [4.69, 9.17) is 4.74 Å². The van der Waals surface area contributed by atoms with Gasteiger partial charge >= 0.3 is 0 Å². The average molecular weight is 256 g/mol. The Hall–Kier alpha value is -1.36. The van der Waals surface area contributed by atoms with Gasteiger partial charge in [0.1, 0.15) is 18.6 Å². The maximum absolute atomic E-state index is 11.5. The molecule has 17 heavy (non-hydrogen) atoms. The Bertz CT molecular complexity index is 477. The Balaban J connectivity index is 2.54. The van der Waals surface area contributed by atoms with Crippen molar-refractivity contribution in [2.75, 3.05) is 12.4 Å². The Labute approximate surface area is 102 Å². The number of sulfone groups is 1. The lowest BCUT2D eigenvalue weighted by Gasteiger charge is -2.09. The van der Waals surface area contributed by atoms with E-state index in [0.29, 0.717) is 11.3 Å². The molecule has 0 amide bonds. The maximum Gasteiger partial charge on any atom is 0.155 e. The number of hydrogen-bond donors (Lipinski definition) is 0. The van der Waals surface area contributed by atoms with Crippen LogP contribution in [0, 0.1) is 0 Å². The third-order valence-corrected chi connectivity index (χ3v) is 4.52. The quantitative estimate of drug-likeness (QED) is 0.727. The van der Waals surface area contributed by atoms with Crippen molar-refractivity contribution in [1.29, 1.82) is 0 Å². The lowest BCUT2D eigenvalue weighted by molar-refractivity contribution is 0.112. The fraction of sp³-hybridized carbons (Fsp3) is 0.417. The molecule has 0 bridgehead atoms. The molecule has 0 N–H and O–H groups in total. The molecular weight excluding hydrogens is 240 g/mol. The standard InChI is InChI=1S/C12H16O4S/c1-10(2)17(14,15)7-6-16-12-5-3-4-11(8-12)9-13/h3-5,8-10H,6-7H2,1-2H3. The number of rotatable bonds is 6. The van der Waals surface area contributed by atoms with Gasteiger partial charge in [0.05, 0.1) is 11.0 Å². The monoisotopic (exact) mass is 256 g/mol. The van der Waals surface area contributed by atoms with E-state index < -0.39 is 15.1 Å². The van der Waals surface area contributed by atoms with Crippen LogP contribution in [0.4, 0.5) is 0 Å². The number of carbonyl (C=O) groups excluding carboxylic acids is 1. The van der Waals surface area contributed by atoms with Crippen LogP contribution in [-0.4, -0.2) is 32.3 Å². The van der Waals surface area contributed by atoms with Crippen molar-refractivity contribution < 1.29 is 17.9 Å². The van der Waals surface area contributed by atoms with Gasteiger partial charge in [0, 0.05) is 5.56 Å². The van der Waals surface area contributed by atoms with Gasteiger partial charge in [0.25, 0.3) is 0 Å². The summed E-state index contributed by atoms with van der Waals surface area (Å²) in [7, 11) is -3.08. The second kappa shape index (κ2) is 5.82. The van der Waals surface area contributed by atoms with Gasteiger partial charge < -0.3 is 4.74 Å². The molecule has 0 aromatic heterocycles. The van der Waals surface area contributed by atoms with Crippen LogP contribution in [0.3, 0.4) is 0 Å². The zero-order valence-electron chi connectivity index (χ0n) is 9.92. The topological polar surface area (TPSA) is 60.4 Å². The normalized spacial score (nSPS) is 11.5. The minimum atomic E-state index is -3.08. The van der Waals surface area contributed by atoms with E-state index in [1.807, 2.05) is 0 Å². The van der Waals surface area contributed by atoms with Crippen LogP contribution in [-0.2, 0) is 9.84 Å². The molecule has 0 aliphatic rings. The van der Waals surface area contributed by atoms with E-state index >= 15 is 0 Å². The minimum Gasteiger partial charge on any atom is -0.493 e. The number of carbonyl (C=O) groups is 1. The van der Waals surface area contributed by atoms with E-state index in [-0.39, 0.29) is 12.4 Å². The van der Waals surface area contributed by atoms with Crippen molar-refractivity contribution >= 4 is 16.1 Å². The molecule has 0 atom stereocenters. The first-order chi connectivity index (χ1) is 7.95. The van der Waals surface area contributed by atoms with Gasteiger partial charge in [-0.3, -0.25) is 4.79 Å². The molecule has 0 unspecified atom stereocenters. The van der Waals surface area contributed by atoms with Crippen molar-refractivity contribution in [3.05, 3.63) is 29.8 Å². The van der Waals surface area contributed by atoms with Crippen LogP contribution >= 0.6 is 0 Å². The summed E-state index contributed by atoms with van der Waals surface area (Å²) in [4.78, 5) is 10.5. The smallest absolute Gasteiger partial charge is 0.155 e. The fourth-order valence-corrected chi connectivity index (χ4v) is 1.98. The lowest BCUT2D eigenvalue weighted by atomic mass is 10.2. The highest BCUT2D eigenvalue weighted by Crippen LogP contribution is 2.12. The van der Waals surface area contributed by atoms with E-state index in [0.717, 1.165) is 6.29 Å². The first kappa shape index (κ1) is 13.7. The predicted octanol–water partition coefficient (Wildman–Crippen LogP) is 1.70. The molecular formula is C12H16O4S. The molecule has 0 aliphatic carbocycles.